The second-order valence-corrected chi connectivity index (χ2v) is 6.87. The normalized spacial score (nSPS) is 17.3. The zero-order chi connectivity index (χ0) is 18.6. The minimum absolute atomic E-state index is 0.208. The van der Waals surface area contributed by atoms with E-state index in [-0.39, 0.29) is 5.82 Å². The first kappa shape index (κ1) is 17.7. The maximum absolute atomic E-state index is 13.5. The zero-order valence-electron chi connectivity index (χ0n) is 15.1. The molecular weight excluding hydrogens is 343 g/mol. The summed E-state index contributed by atoms with van der Waals surface area (Å²) < 4.78 is 13.5. The largest absolute Gasteiger partial charge is 0.387 e. The van der Waals surface area contributed by atoms with Gasteiger partial charge in [0.25, 0.3) is 0 Å². The molecule has 0 radical (unpaired) electrons. The summed E-state index contributed by atoms with van der Waals surface area (Å²) in [5, 5.41) is 13.5. The third-order valence-corrected chi connectivity index (χ3v) is 4.97. The maximum Gasteiger partial charge on any atom is 0.138 e. The summed E-state index contributed by atoms with van der Waals surface area (Å²) in [5.74, 6) is 1.22. The van der Waals surface area contributed by atoms with Gasteiger partial charge in [0.2, 0.25) is 0 Å². The quantitative estimate of drug-likeness (QED) is 0.844. The van der Waals surface area contributed by atoms with E-state index in [0.29, 0.717) is 12.4 Å². The Morgan fingerprint density at radius 1 is 1.22 bits per heavy atom. The Balaban J connectivity index is 1.49. The second kappa shape index (κ2) is 7.88. The van der Waals surface area contributed by atoms with Crippen molar-refractivity contribution in [3.8, 4) is 0 Å². The van der Waals surface area contributed by atoms with Crippen LogP contribution in [0.25, 0.3) is 0 Å². The van der Waals surface area contributed by atoms with Gasteiger partial charge in [0, 0.05) is 24.8 Å². The molecule has 0 fully saturated rings. The van der Waals surface area contributed by atoms with Gasteiger partial charge in [0.15, 0.2) is 0 Å². The van der Waals surface area contributed by atoms with Crippen LogP contribution in [0.2, 0.25) is 0 Å². The van der Waals surface area contributed by atoms with E-state index in [1.165, 1.54) is 12.4 Å². The zero-order valence-corrected chi connectivity index (χ0v) is 15.1. The number of hydrogen-bond donors (Lipinski definition) is 2. The Labute approximate surface area is 158 Å². The number of nitrogens with zero attached hydrogens (tertiary/aromatic N) is 3. The minimum Gasteiger partial charge on any atom is -0.387 e. The second-order valence-electron chi connectivity index (χ2n) is 6.87. The Morgan fingerprint density at radius 2 is 2.15 bits per heavy atom. The summed E-state index contributed by atoms with van der Waals surface area (Å²) in [6.45, 7) is 1.21. The average molecular weight is 366 g/mol. The predicted molar refractivity (Wildman–Crippen MR) is 105 cm³/mol. The summed E-state index contributed by atoms with van der Waals surface area (Å²) in [6, 6.07) is 6.77. The number of benzene rings is 1. The number of anilines is 3. The predicted octanol–water partition coefficient (Wildman–Crippen LogP) is 3.75. The number of nitrogens with one attached hydrogen (secondary N) is 1. The number of rotatable bonds is 5. The number of halogens is 1. The van der Waals surface area contributed by atoms with Crippen molar-refractivity contribution in [1.29, 1.82) is 0 Å². The number of allylic oxidation sites excluding steroid dienone is 2. The van der Waals surface area contributed by atoms with Crippen LogP contribution in [-0.2, 0) is 6.42 Å². The number of hydrogen-bond acceptors (Lipinski definition) is 5. The van der Waals surface area contributed by atoms with Crippen LogP contribution in [0.15, 0.2) is 54.4 Å². The summed E-state index contributed by atoms with van der Waals surface area (Å²) in [4.78, 5) is 10.8. The lowest BCUT2D eigenvalue weighted by atomic mass is 10.0. The molecule has 0 saturated carbocycles. The first-order valence-corrected chi connectivity index (χ1v) is 9.37. The molecule has 140 valence electrons. The Kier molecular flexibility index (Phi) is 5.16. The molecule has 0 bridgehead atoms. The van der Waals surface area contributed by atoms with Crippen LogP contribution in [0.4, 0.5) is 21.7 Å². The van der Waals surface area contributed by atoms with Crippen LogP contribution in [0.3, 0.4) is 0 Å². The molecule has 6 heteroatoms. The van der Waals surface area contributed by atoms with Crippen molar-refractivity contribution in [2.24, 2.45) is 0 Å². The van der Waals surface area contributed by atoms with Gasteiger partial charge in [-0.15, -0.1) is 0 Å². The summed E-state index contributed by atoms with van der Waals surface area (Å²) in [6.07, 6.45) is 10.9. The number of aliphatic hydroxyl groups excluding tert-OH is 1. The Hall–Kier alpha value is -2.73. The number of aromatic nitrogens is 2. The molecule has 0 spiro atoms. The molecule has 1 aliphatic heterocycles. The lowest BCUT2D eigenvalue weighted by Crippen LogP contribution is -2.26. The molecule has 2 aliphatic rings. The summed E-state index contributed by atoms with van der Waals surface area (Å²) in [7, 11) is 0. The van der Waals surface area contributed by atoms with Crippen molar-refractivity contribution < 1.29 is 9.50 Å². The van der Waals surface area contributed by atoms with Gasteiger partial charge in [-0.3, -0.25) is 0 Å². The first-order valence-electron chi connectivity index (χ1n) is 9.37. The van der Waals surface area contributed by atoms with Gasteiger partial charge >= 0.3 is 0 Å². The molecule has 0 saturated heterocycles. The number of aryl methyl sites for hydroxylation is 1. The van der Waals surface area contributed by atoms with Crippen molar-refractivity contribution in [3.05, 3.63) is 65.8 Å². The monoisotopic (exact) mass is 366 g/mol. The van der Waals surface area contributed by atoms with E-state index in [2.05, 4.69) is 32.3 Å². The van der Waals surface area contributed by atoms with Gasteiger partial charge in [-0.2, -0.15) is 0 Å². The van der Waals surface area contributed by atoms with E-state index in [9.17, 15) is 9.50 Å². The van der Waals surface area contributed by atoms with E-state index in [1.807, 2.05) is 18.2 Å². The van der Waals surface area contributed by atoms with E-state index >= 15 is 0 Å². The topological polar surface area (TPSA) is 61.3 Å². The van der Waals surface area contributed by atoms with Crippen molar-refractivity contribution in [3.63, 3.8) is 0 Å². The smallest absolute Gasteiger partial charge is 0.138 e. The van der Waals surface area contributed by atoms with Gasteiger partial charge < -0.3 is 15.3 Å². The van der Waals surface area contributed by atoms with Crippen LogP contribution < -0.4 is 10.2 Å². The molecule has 0 unspecified atom stereocenters. The molecule has 1 atom stereocenters. The van der Waals surface area contributed by atoms with Crippen LogP contribution in [0.1, 0.15) is 24.8 Å². The fourth-order valence-corrected chi connectivity index (χ4v) is 3.59. The number of aliphatic hydroxyl groups is 1. The Morgan fingerprint density at radius 3 is 3.00 bits per heavy atom. The molecule has 0 amide bonds. The lowest BCUT2D eigenvalue weighted by molar-refractivity contribution is 0.227. The SMILES string of the molecule is O[C@@H](CNc1cc(N2CCCc3cc(F)ccc32)ncn1)C1=CCCC=C1. The van der Waals surface area contributed by atoms with Gasteiger partial charge in [0.05, 0.1) is 6.10 Å². The van der Waals surface area contributed by atoms with Gasteiger partial charge in [-0.1, -0.05) is 18.2 Å². The molecule has 5 nitrogen and oxygen atoms in total. The number of fused-ring (bicyclic) bond motifs is 1. The van der Waals surface area contributed by atoms with Gasteiger partial charge in [0.1, 0.15) is 23.8 Å². The van der Waals surface area contributed by atoms with E-state index in [0.717, 1.165) is 54.9 Å². The minimum atomic E-state index is -0.571. The highest BCUT2D eigenvalue weighted by molar-refractivity contribution is 5.66. The van der Waals surface area contributed by atoms with Crippen LogP contribution in [0.5, 0.6) is 0 Å². The molecule has 1 aliphatic carbocycles. The maximum atomic E-state index is 13.5. The highest BCUT2D eigenvalue weighted by Gasteiger charge is 2.20. The van der Waals surface area contributed by atoms with Crippen LogP contribution in [0, 0.1) is 5.82 Å². The van der Waals surface area contributed by atoms with Crippen molar-refractivity contribution in [2.45, 2.75) is 31.8 Å². The van der Waals surface area contributed by atoms with Gasteiger partial charge in [-0.25, -0.2) is 14.4 Å². The fraction of sp³-hybridized carbons (Fsp3) is 0.333. The van der Waals surface area contributed by atoms with Crippen LogP contribution in [-0.4, -0.2) is 34.3 Å². The van der Waals surface area contributed by atoms with E-state index in [1.54, 1.807) is 6.07 Å². The first-order chi connectivity index (χ1) is 13.2. The molecule has 1 aromatic carbocycles. The molecule has 4 rings (SSSR count). The molecule has 27 heavy (non-hydrogen) atoms. The molecule has 2 N–H and O–H groups in total. The highest BCUT2D eigenvalue weighted by atomic mass is 19.1. The molecule has 2 heterocycles. The molecular formula is C21H23FN4O. The van der Waals surface area contributed by atoms with Crippen LogP contribution >= 0.6 is 0 Å². The van der Waals surface area contributed by atoms with Gasteiger partial charge in [-0.05, 0) is 55.0 Å². The summed E-state index contributed by atoms with van der Waals surface area (Å²) >= 11 is 0. The molecule has 2 aromatic rings. The standard InChI is InChI=1S/C21H23FN4O/c22-17-8-9-18-16(11-17)7-4-10-26(18)21-12-20(24-14-25-21)23-13-19(27)15-5-2-1-3-6-15/h2,5-6,8-9,11-12,14,19,27H,1,3-4,7,10,13H2,(H,23,24,25)/t19-/m0/s1. The van der Waals surface area contributed by atoms with Crippen molar-refractivity contribution in [1.82, 2.24) is 9.97 Å². The van der Waals surface area contributed by atoms with E-state index in [4.69, 9.17) is 0 Å². The highest BCUT2D eigenvalue weighted by Crippen LogP contribution is 2.33. The third-order valence-electron chi connectivity index (χ3n) is 4.97. The third kappa shape index (κ3) is 4.01. The molecule has 1 aromatic heterocycles. The average Bonchev–Trinajstić information content (AvgIpc) is 2.72. The lowest BCUT2D eigenvalue weighted by Gasteiger charge is -2.30. The van der Waals surface area contributed by atoms with Crippen molar-refractivity contribution >= 4 is 17.3 Å². The Bertz CT molecular complexity index is 880. The van der Waals surface area contributed by atoms with E-state index < -0.39 is 6.10 Å². The summed E-state index contributed by atoms with van der Waals surface area (Å²) in [5.41, 5.74) is 2.93. The van der Waals surface area contributed by atoms with Crippen molar-refractivity contribution in [2.75, 3.05) is 23.3 Å². The fourth-order valence-electron chi connectivity index (χ4n) is 3.59.